The van der Waals surface area contributed by atoms with Crippen molar-refractivity contribution >= 4 is 39.7 Å². The second kappa shape index (κ2) is 4.96. The zero-order valence-corrected chi connectivity index (χ0v) is 11.5. The lowest BCUT2D eigenvalue weighted by Crippen LogP contribution is -2.12. The summed E-state index contributed by atoms with van der Waals surface area (Å²) < 4.78 is 0. The molecule has 0 saturated heterocycles. The van der Waals surface area contributed by atoms with Gasteiger partial charge in [0.1, 0.15) is 4.88 Å². The first-order valence-electron chi connectivity index (χ1n) is 5.28. The van der Waals surface area contributed by atoms with Crippen molar-refractivity contribution in [1.82, 2.24) is 4.98 Å². The van der Waals surface area contributed by atoms with Gasteiger partial charge in [-0.25, -0.2) is 4.98 Å². The lowest BCUT2D eigenvalue weighted by Gasteiger charge is -2.07. The summed E-state index contributed by atoms with van der Waals surface area (Å²) in [6, 6.07) is 5.30. The summed E-state index contributed by atoms with van der Waals surface area (Å²) in [5.41, 5.74) is 7.85. The third-order valence-electron chi connectivity index (χ3n) is 2.46. The molecule has 0 aliphatic heterocycles. The lowest BCUT2D eigenvalue weighted by molar-refractivity contribution is 0.102. The SMILES string of the molecule is Cc1cc(Cl)ccc1NC(=O)c1sc(N)nc1C. The monoisotopic (exact) mass is 281 g/mol. The van der Waals surface area contributed by atoms with E-state index in [0.717, 1.165) is 11.3 Å². The van der Waals surface area contributed by atoms with Crippen molar-refractivity contribution in [3.05, 3.63) is 39.4 Å². The molecule has 6 heteroatoms. The molecule has 0 radical (unpaired) electrons. The van der Waals surface area contributed by atoms with Crippen LogP contribution in [0.15, 0.2) is 18.2 Å². The molecule has 0 saturated carbocycles. The number of benzene rings is 1. The van der Waals surface area contributed by atoms with Crippen LogP contribution in [0.5, 0.6) is 0 Å². The van der Waals surface area contributed by atoms with Gasteiger partial charge < -0.3 is 11.1 Å². The number of hydrogen-bond donors (Lipinski definition) is 2. The molecule has 2 rings (SSSR count). The van der Waals surface area contributed by atoms with Gasteiger partial charge >= 0.3 is 0 Å². The number of amides is 1. The van der Waals surface area contributed by atoms with E-state index in [-0.39, 0.29) is 5.91 Å². The van der Waals surface area contributed by atoms with Crippen LogP contribution in [0.2, 0.25) is 5.02 Å². The molecule has 0 aliphatic rings. The molecule has 0 fully saturated rings. The summed E-state index contributed by atoms with van der Waals surface area (Å²) in [7, 11) is 0. The molecule has 94 valence electrons. The van der Waals surface area contributed by atoms with Crippen LogP contribution in [0.1, 0.15) is 20.9 Å². The largest absolute Gasteiger partial charge is 0.375 e. The highest BCUT2D eigenvalue weighted by Gasteiger charge is 2.15. The number of hydrogen-bond acceptors (Lipinski definition) is 4. The summed E-state index contributed by atoms with van der Waals surface area (Å²) in [4.78, 5) is 16.6. The highest BCUT2D eigenvalue weighted by molar-refractivity contribution is 7.17. The second-order valence-electron chi connectivity index (χ2n) is 3.88. The van der Waals surface area contributed by atoms with Crippen LogP contribution in [0.25, 0.3) is 0 Å². The fourth-order valence-electron chi connectivity index (χ4n) is 1.57. The van der Waals surface area contributed by atoms with E-state index in [0.29, 0.717) is 20.7 Å². The minimum atomic E-state index is -0.202. The molecule has 1 amide bonds. The molecule has 0 spiro atoms. The van der Waals surface area contributed by atoms with Crippen LogP contribution >= 0.6 is 22.9 Å². The van der Waals surface area contributed by atoms with Gasteiger partial charge in [-0.2, -0.15) is 0 Å². The van der Waals surface area contributed by atoms with Gasteiger partial charge in [-0.1, -0.05) is 22.9 Å². The average Bonchev–Trinajstić information content (AvgIpc) is 2.62. The first-order valence-corrected chi connectivity index (χ1v) is 6.47. The first kappa shape index (κ1) is 12.9. The number of aryl methyl sites for hydroxylation is 2. The van der Waals surface area contributed by atoms with Crippen LogP contribution in [0, 0.1) is 13.8 Å². The molecule has 3 N–H and O–H groups in total. The predicted octanol–water partition coefficient (Wildman–Crippen LogP) is 3.25. The number of thiazole rings is 1. The number of carbonyl (C=O) groups is 1. The third kappa shape index (κ3) is 2.63. The summed E-state index contributed by atoms with van der Waals surface area (Å²) in [6.45, 7) is 3.64. The Kier molecular flexibility index (Phi) is 3.54. The van der Waals surface area contributed by atoms with Gasteiger partial charge in [-0.3, -0.25) is 4.79 Å². The Morgan fingerprint density at radius 1 is 1.44 bits per heavy atom. The maximum absolute atomic E-state index is 12.1. The average molecular weight is 282 g/mol. The van der Waals surface area contributed by atoms with Crippen LogP contribution in [-0.2, 0) is 0 Å². The molecule has 0 bridgehead atoms. The van der Waals surface area contributed by atoms with Crippen molar-refractivity contribution in [2.24, 2.45) is 0 Å². The molecule has 0 atom stereocenters. The second-order valence-corrected chi connectivity index (χ2v) is 5.35. The zero-order chi connectivity index (χ0) is 13.3. The standard InChI is InChI=1S/C12H12ClN3OS/c1-6-5-8(13)3-4-9(6)16-11(17)10-7(2)15-12(14)18-10/h3-5H,1-2H3,(H2,14,15)(H,16,17). The molecule has 0 unspecified atom stereocenters. The minimum absolute atomic E-state index is 0.202. The molecule has 0 aliphatic carbocycles. The van der Waals surface area contributed by atoms with Gasteiger partial charge in [0, 0.05) is 10.7 Å². The van der Waals surface area contributed by atoms with E-state index in [1.807, 2.05) is 6.92 Å². The molecule has 1 aromatic carbocycles. The Morgan fingerprint density at radius 2 is 2.17 bits per heavy atom. The van der Waals surface area contributed by atoms with Crippen molar-refractivity contribution in [2.75, 3.05) is 11.1 Å². The number of nitrogens with two attached hydrogens (primary N) is 1. The highest BCUT2D eigenvalue weighted by atomic mass is 35.5. The van der Waals surface area contributed by atoms with E-state index in [2.05, 4.69) is 10.3 Å². The summed E-state index contributed by atoms with van der Waals surface area (Å²) in [6.07, 6.45) is 0. The van der Waals surface area contributed by atoms with E-state index in [1.165, 1.54) is 11.3 Å². The number of rotatable bonds is 2. The lowest BCUT2D eigenvalue weighted by atomic mass is 10.2. The van der Waals surface area contributed by atoms with Gasteiger partial charge in [0.05, 0.1) is 5.69 Å². The van der Waals surface area contributed by atoms with E-state index < -0.39 is 0 Å². The number of aromatic nitrogens is 1. The highest BCUT2D eigenvalue weighted by Crippen LogP contribution is 2.23. The fraction of sp³-hybridized carbons (Fsp3) is 0.167. The molecular formula is C12H12ClN3OS. The summed E-state index contributed by atoms with van der Waals surface area (Å²) in [5, 5.41) is 3.86. The number of anilines is 2. The minimum Gasteiger partial charge on any atom is -0.375 e. The van der Waals surface area contributed by atoms with E-state index in [1.54, 1.807) is 25.1 Å². The summed E-state index contributed by atoms with van der Waals surface area (Å²) in [5.74, 6) is -0.202. The quantitative estimate of drug-likeness (QED) is 0.888. The van der Waals surface area contributed by atoms with Gasteiger partial charge in [0.25, 0.3) is 5.91 Å². The maximum Gasteiger partial charge on any atom is 0.267 e. The smallest absolute Gasteiger partial charge is 0.267 e. The maximum atomic E-state index is 12.1. The molecule has 18 heavy (non-hydrogen) atoms. The van der Waals surface area contributed by atoms with E-state index >= 15 is 0 Å². The molecule has 1 aromatic heterocycles. The van der Waals surface area contributed by atoms with Crippen molar-refractivity contribution in [3.8, 4) is 0 Å². The zero-order valence-electron chi connectivity index (χ0n) is 9.95. The Hall–Kier alpha value is -1.59. The van der Waals surface area contributed by atoms with Gasteiger partial charge in [0.2, 0.25) is 0 Å². The molecule has 4 nitrogen and oxygen atoms in total. The number of nitrogens with one attached hydrogen (secondary N) is 1. The fourth-order valence-corrected chi connectivity index (χ4v) is 2.53. The first-order chi connectivity index (χ1) is 8.47. The predicted molar refractivity (Wildman–Crippen MR) is 75.4 cm³/mol. The van der Waals surface area contributed by atoms with Crippen LogP contribution in [-0.4, -0.2) is 10.9 Å². The van der Waals surface area contributed by atoms with Gasteiger partial charge in [0.15, 0.2) is 5.13 Å². The molecule has 2 aromatic rings. The molecule has 1 heterocycles. The molecular weight excluding hydrogens is 270 g/mol. The van der Waals surface area contributed by atoms with E-state index in [4.69, 9.17) is 17.3 Å². The van der Waals surface area contributed by atoms with Crippen LogP contribution in [0.4, 0.5) is 10.8 Å². The van der Waals surface area contributed by atoms with Crippen molar-refractivity contribution < 1.29 is 4.79 Å². The van der Waals surface area contributed by atoms with Crippen LogP contribution < -0.4 is 11.1 Å². The van der Waals surface area contributed by atoms with Crippen molar-refractivity contribution in [1.29, 1.82) is 0 Å². The Balaban J connectivity index is 2.24. The van der Waals surface area contributed by atoms with Crippen molar-refractivity contribution in [2.45, 2.75) is 13.8 Å². The normalized spacial score (nSPS) is 10.4. The summed E-state index contributed by atoms with van der Waals surface area (Å²) >= 11 is 7.04. The van der Waals surface area contributed by atoms with Gasteiger partial charge in [-0.15, -0.1) is 0 Å². The number of halogens is 1. The number of nitrogens with zero attached hydrogens (tertiary/aromatic N) is 1. The van der Waals surface area contributed by atoms with Crippen LogP contribution in [0.3, 0.4) is 0 Å². The van der Waals surface area contributed by atoms with Gasteiger partial charge in [-0.05, 0) is 37.6 Å². The van der Waals surface area contributed by atoms with E-state index in [9.17, 15) is 4.79 Å². The number of carbonyl (C=O) groups excluding carboxylic acids is 1. The Morgan fingerprint density at radius 3 is 2.72 bits per heavy atom. The Labute approximate surface area is 114 Å². The topological polar surface area (TPSA) is 68.0 Å². The Bertz CT molecular complexity index is 609. The number of nitrogen functional groups attached to an aromatic ring is 1. The third-order valence-corrected chi connectivity index (χ3v) is 3.68. The van der Waals surface area contributed by atoms with Crippen molar-refractivity contribution in [3.63, 3.8) is 0 Å².